The van der Waals surface area contributed by atoms with E-state index >= 15 is 0 Å². The van der Waals surface area contributed by atoms with Crippen LogP contribution in [0, 0.1) is 0 Å². The number of rotatable bonds is 10. The van der Waals surface area contributed by atoms with E-state index in [1.165, 1.54) is 35.0 Å². The molecule has 1 aliphatic heterocycles. The predicted molar refractivity (Wildman–Crippen MR) is 152 cm³/mol. The maximum Gasteiger partial charge on any atom is 0.375 e. The van der Waals surface area contributed by atoms with Gasteiger partial charge in [0.25, 0.3) is 0 Å². The van der Waals surface area contributed by atoms with Crippen molar-refractivity contribution in [2.75, 3.05) is 13.2 Å². The van der Waals surface area contributed by atoms with E-state index in [1.54, 1.807) is 12.3 Å². The van der Waals surface area contributed by atoms with Gasteiger partial charge in [-0.05, 0) is 19.1 Å². The van der Waals surface area contributed by atoms with Gasteiger partial charge in [0, 0.05) is 39.1 Å². The van der Waals surface area contributed by atoms with Crippen molar-refractivity contribution in [3.8, 4) is 17.0 Å². The molecule has 2 aromatic heterocycles. The Morgan fingerprint density at radius 1 is 0.889 bits per heavy atom. The first-order valence-corrected chi connectivity index (χ1v) is 14.5. The zero-order chi connectivity index (χ0) is 32.8. The topological polar surface area (TPSA) is 193 Å². The van der Waals surface area contributed by atoms with Gasteiger partial charge in [-0.2, -0.15) is 0 Å². The van der Waals surface area contributed by atoms with Crippen LogP contribution in [0.4, 0.5) is 0 Å². The molecule has 0 radical (unpaired) electrons. The van der Waals surface area contributed by atoms with E-state index in [-0.39, 0.29) is 40.3 Å². The average molecular weight is 648 g/mol. The van der Waals surface area contributed by atoms with Gasteiger partial charge in [0.2, 0.25) is 23.6 Å². The summed E-state index contributed by atoms with van der Waals surface area (Å²) in [5, 5.41) is 1.67. The molecule has 1 aliphatic rings. The molecule has 15 nitrogen and oxygen atoms in total. The minimum absolute atomic E-state index is 0.00256. The lowest BCUT2D eigenvalue weighted by Gasteiger charge is -2.43. The van der Waals surface area contributed by atoms with E-state index in [4.69, 9.17) is 37.6 Å². The first-order chi connectivity index (χ1) is 21.4. The molecule has 0 unspecified atom stereocenters. The van der Waals surface area contributed by atoms with E-state index in [0.717, 1.165) is 27.7 Å². The predicted octanol–water partition coefficient (Wildman–Crippen LogP) is 2.56. The third-order valence-electron chi connectivity index (χ3n) is 6.21. The van der Waals surface area contributed by atoms with Crippen molar-refractivity contribution in [3.05, 3.63) is 45.1 Å². The summed E-state index contributed by atoms with van der Waals surface area (Å²) in [6.07, 6.45) is -7.10. The van der Waals surface area contributed by atoms with Crippen LogP contribution in [0.1, 0.15) is 45.2 Å². The highest BCUT2D eigenvalue weighted by Crippen LogP contribution is 2.33. The number of fused-ring (bicyclic) bond motifs is 1. The Morgan fingerprint density at radius 2 is 1.56 bits per heavy atom. The number of ether oxygens (including phenoxy) is 7. The molecule has 1 aromatic carbocycles. The molecule has 3 heterocycles. The number of aromatic nitrogens is 1. The fourth-order valence-electron chi connectivity index (χ4n) is 4.57. The van der Waals surface area contributed by atoms with Crippen molar-refractivity contribution in [3.63, 3.8) is 0 Å². The molecular weight excluding hydrogens is 618 g/mol. The van der Waals surface area contributed by atoms with Crippen LogP contribution in [0.2, 0.25) is 0 Å². The summed E-state index contributed by atoms with van der Waals surface area (Å²) >= 11 is 1.22. The zero-order valence-corrected chi connectivity index (χ0v) is 25.6. The molecule has 0 amide bonds. The van der Waals surface area contributed by atoms with Gasteiger partial charge in [-0.15, -0.1) is 11.3 Å². The van der Waals surface area contributed by atoms with E-state index in [0.29, 0.717) is 0 Å². The van der Waals surface area contributed by atoms with Gasteiger partial charge in [0.15, 0.2) is 12.2 Å². The minimum atomic E-state index is -1.53. The number of carbonyl (C=O) groups excluding carboxylic acids is 5. The second-order valence-corrected chi connectivity index (χ2v) is 10.3. The molecule has 0 aliphatic carbocycles. The first kappa shape index (κ1) is 33.1. The summed E-state index contributed by atoms with van der Waals surface area (Å²) in [6.45, 7) is 5.60. The maximum absolute atomic E-state index is 13.5. The Kier molecular flexibility index (Phi) is 10.5. The number of nitrogens with zero attached hydrogens (tertiary/aromatic N) is 1. The second kappa shape index (κ2) is 14.3. The van der Waals surface area contributed by atoms with Gasteiger partial charge in [-0.25, -0.2) is 9.78 Å². The summed E-state index contributed by atoms with van der Waals surface area (Å²) in [7, 11) is 0. The van der Waals surface area contributed by atoms with Crippen molar-refractivity contribution in [2.45, 2.75) is 65.3 Å². The van der Waals surface area contributed by atoms with Crippen LogP contribution in [0.25, 0.3) is 22.2 Å². The molecule has 0 saturated carbocycles. The molecule has 240 valence electrons. The van der Waals surface area contributed by atoms with Crippen LogP contribution >= 0.6 is 11.3 Å². The van der Waals surface area contributed by atoms with E-state index in [9.17, 15) is 28.8 Å². The Bertz CT molecular complexity index is 1650. The van der Waals surface area contributed by atoms with Gasteiger partial charge in [0.05, 0.1) is 28.8 Å². The molecular formula is C29H29NO14S. The van der Waals surface area contributed by atoms with Crippen LogP contribution in [-0.4, -0.2) is 78.8 Å². The average Bonchev–Trinajstić information content (AvgIpc) is 3.49. The number of hydrogen-bond donors (Lipinski definition) is 0. The molecule has 4 rings (SSSR count). The largest absolute Gasteiger partial charge is 0.463 e. The number of esters is 5. The normalized spacial score (nSPS) is 21.0. The van der Waals surface area contributed by atoms with E-state index < -0.39 is 72.6 Å². The maximum atomic E-state index is 13.5. The monoisotopic (exact) mass is 647 g/mol. The lowest BCUT2D eigenvalue weighted by molar-refractivity contribution is -0.288. The molecule has 1 saturated heterocycles. The highest BCUT2D eigenvalue weighted by Gasteiger charge is 2.53. The Balaban J connectivity index is 1.78. The lowest BCUT2D eigenvalue weighted by atomic mass is 9.98. The molecule has 0 N–H and O–H groups in total. The van der Waals surface area contributed by atoms with Gasteiger partial charge >= 0.3 is 29.8 Å². The van der Waals surface area contributed by atoms with Crippen molar-refractivity contribution in [2.24, 2.45) is 0 Å². The van der Waals surface area contributed by atoms with Gasteiger partial charge in [-0.1, -0.05) is 0 Å². The quantitative estimate of drug-likeness (QED) is 0.230. The summed E-state index contributed by atoms with van der Waals surface area (Å²) in [5.74, 6) is -4.34. The first-order valence-electron chi connectivity index (χ1n) is 13.5. The zero-order valence-electron chi connectivity index (χ0n) is 24.8. The summed E-state index contributed by atoms with van der Waals surface area (Å²) in [4.78, 5) is 78.2. The second-order valence-electron chi connectivity index (χ2n) is 9.57. The van der Waals surface area contributed by atoms with Gasteiger partial charge in [0.1, 0.15) is 24.0 Å². The minimum Gasteiger partial charge on any atom is -0.463 e. The Labute approximate surface area is 259 Å². The van der Waals surface area contributed by atoms with Crippen molar-refractivity contribution >= 4 is 52.2 Å². The fraction of sp³-hybridized carbons (Fsp3) is 0.414. The highest BCUT2D eigenvalue weighted by molar-refractivity contribution is 7.07. The molecule has 3 aromatic rings. The number of thiazole rings is 1. The van der Waals surface area contributed by atoms with Crippen LogP contribution in [0.15, 0.2) is 38.3 Å². The number of hydrogen-bond acceptors (Lipinski definition) is 16. The molecule has 5 atom stereocenters. The Hall–Kier alpha value is -4.83. The van der Waals surface area contributed by atoms with E-state index in [2.05, 4.69) is 4.98 Å². The Morgan fingerprint density at radius 3 is 2.16 bits per heavy atom. The summed E-state index contributed by atoms with van der Waals surface area (Å²) < 4.78 is 44.2. The number of carbonyl (C=O) groups is 5. The van der Waals surface area contributed by atoms with Crippen LogP contribution in [0.5, 0.6) is 5.75 Å². The molecule has 0 spiro atoms. The molecule has 16 heteroatoms. The number of benzene rings is 1. The van der Waals surface area contributed by atoms with Gasteiger partial charge < -0.3 is 37.6 Å². The van der Waals surface area contributed by atoms with Gasteiger partial charge in [-0.3, -0.25) is 24.0 Å². The summed E-state index contributed by atoms with van der Waals surface area (Å²) in [6, 6.07) is 4.06. The van der Waals surface area contributed by atoms with E-state index in [1.807, 2.05) is 0 Å². The smallest absolute Gasteiger partial charge is 0.375 e. The van der Waals surface area contributed by atoms with Crippen molar-refractivity contribution < 1.29 is 61.5 Å². The van der Waals surface area contributed by atoms with Crippen molar-refractivity contribution in [1.29, 1.82) is 0 Å². The van der Waals surface area contributed by atoms with Crippen molar-refractivity contribution in [1.82, 2.24) is 4.98 Å². The molecule has 0 bridgehead atoms. The van der Waals surface area contributed by atoms with Crippen LogP contribution in [-0.2, 0) is 47.6 Å². The third-order valence-corrected chi connectivity index (χ3v) is 6.80. The fourth-order valence-corrected chi connectivity index (χ4v) is 5.12. The summed E-state index contributed by atoms with van der Waals surface area (Å²) in [5.41, 5.74) is 1.04. The lowest BCUT2D eigenvalue weighted by Crippen LogP contribution is -2.63. The molecule has 45 heavy (non-hydrogen) atoms. The van der Waals surface area contributed by atoms with Crippen LogP contribution in [0.3, 0.4) is 0 Å². The highest BCUT2D eigenvalue weighted by atomic mass is 32.1. The molecule has 1 fully saturated rings. The van der Waals surface area contributed by atoms with Crippen LogP contribution < -0.4 is 10.2 Å². The SMILES string of the molecule is CCOC(=O)c1oc2cc(O[C@H]3O[C@@H](COC(C)=O)[C@@H](OC(C)=O)[C@@H](OC(C)=O)[C@H]3OC(C)=O)ccc2c(=O)c1-c1cscn1. The standard InChI is InChI=1S/C29H29NO14S/c1-6-37-28(36)25-22(19-11-45-12-30-19)23(35)18-8-7-17(9-20(18)43-25)42-29-27(41-16(5)34)26(40-15(4)33)24(39-14(3)32)21(44-29)10-38-13(2)31/h7-9,11-12,21,24,26-27,29H,6,10H2,1-5H3/t21-,24+,26+,27+,29-/m0/s1. The third kappa shape index (κ3) is 7.82.